The Balaban J connectivity index is 2.06. The van der Waals surface area contributed by atoms with Crippen molar-refractivity contribution in [2.24, 2.45) is 0 Å². The number of halogens is 1. The normalized spacial score (nSPS) is 11.6. The Kier molecular flexibility index (Phi) is 5.30. The fraction of sp³-hybridized carbons (Fsp3) is 0.100. The number of carbonyl (C=O) groups excluding carboxylic acids is 2. The number of aromatic nitrogens is 2. The Morgan fingerprint density at radius 1 is 1.00 bits per heavy atom. The molecule has 0 bridgehead atoms. The molecule has 28 heavy (non-hydrogen) atoms. The van der Waals surface area contributed by atoms with Crippen LogP contribution in [0.5, 0.6) is 0 Å². The van der Waals surface area contributed by atoms with Gasteiger partial charge in [-0.15, -0.1) is 0 Å². The van der Waals surface area contributed by atoms with Crippen molar-refractivity contribution < 1.29 is 14.0 Å². The number of nitrogens with one attached hydrogen (secondary N) is 2. The van der Waals surface area contributed by atoms with E-state index in [1.165, 1.54) is 24.3 Å². The molecule has 1 aromatic heterocycles. The third-order valence-electron chi connectivity index (χ3n) is 4.09. The van der Waals surface area contributed by atoms with Gasteiger partial charge in [0.05, 0.1) is 6.20 Å². The van der Waals surface area contributed by atoms with Gasteiger partial charge in [0.25, 0.3) is 11.5 Å². The van der Waals surface area contributed by atoms with E-state index in [2.05, 4.69) is 5.32 Å². The second-order valence-electron chi connectivity index (χ2n) is 6.12. The maximum absolute atomic E-state index is 13.8. The van der Waals surface area contributed by atoms with Gasteiger partial charge in [-0.2, -0.15) is 4.39 Å². The summed E-state index contributed by atoms with van der Waals surface area (Å²) in [6, 6.07) is 14.5. The largest absolute Gasteiger partial charge is 0.330 e. The van der Waals surface area contributed by atoms with Gasteiger partial charge in [-0.25, -0.2) is 4.79 Å². The van der Waals surface area contributed by atoms with Crippen LogP contribution in [0.4, 0.5) is 4.39 Å². The monoisotopic (exact) mass is 381 g/mol. The molecule has 0 radical (unpaired) electrons. The van der Waals surface area contributed by atoms with Crippen LogP contribution >= 0.6 is 0 Å². The van der Waals surface area contributed by atoms with Gasteiger partial charge >= 0.3 is 5.69 Å². The Hall–Kier alpha value is -3.81. The molecule has 2 N–H and O–H groups in total. The summed E-state index contributed by atoms with van der Waals surface area (Å²) in [7, 11) is 0. The number of carbonyl (C=O) groups is 2. The van der Waals surface area contributed by atoms with E-state index in [9.17, 15) is 23.6 Å². The molecule has 0 unspecified atom stereocenters. The number of benzene rings is 2. The van der Waals surface area contributed by atoms with E-state index >= 15 is 0 Å². The highest BCUT2D eigenvalue weighted by molar-refractivity contribution is 6.03. The molecule has 7 nitrogen and oxygen atoms in total. The van der Waals surface area contributed by atoms with Crippen LogP contribution in [0.3, 0.4) is 0 Å². The molecule has 1 heterocycles. The average molecular weight is 381 g/mol. The molecule has 0 fully saturated rings. The highest BCUT2D eigenvalue weighted by atomic mass is 19.1. The summed E-state index contributed by atoms with van der Waals surface area (Å²) in [4.78, 5) is 50.8. The van der Waals surface area contributed by atoms with E-state index in [0.29, 0.717) is 10.8 Å². The van der Waals surface area contributed by atoms with E-state index in [-0.39, 0.29) is 11.1 Å². The van der Waals surface area contributed by atoms with Gasteiger partial charge in [0.1, 0.15) is 0 Å². The summed E-state index contributed by atoms with van der Waals surface area (Å²) in [5.74, 6) is -2.53. The smallest absolute Gasteiger partial charge is 0.325 e. The number of Topliss-reactive ketones (excluding diaryl/α,β-unsaturated/α-hetero) is 1. The Morgan fingerprint density at radius 3 is 2.29 bits per heavy atom. The van der Waals surface area contributed by atoms with Crippen molar-refractivity contribution in [1.29, 1.82) is 0 Å². The molecule has 0 saturated heterocycles. The third-order valence-corrected chi connectivity index (χ3v) is 4.09. The number of hydrogen-bond donors (Lipinski definition) is 2. The van der Waals surface area contributed by atoms with E-state index in [4.69, 9.17) is 0 Å². The first-order valence-electron chi connectivity index (χ1n) is 8.34. The number of ketones is 1. The molecular formula is C20H16FN3O4. The number of amides is 1. The lowest BCUT2D eigenvalue weighted by atomic mass is 10.1. The number of aromatic amines is 1. The number of nitrogens with zero attached hydrogens (tertiary/aromatic N) is 1. The predicted octanol–water partition coefficient (Wildman–Crippen LogP) is 1.80. The molecule has 0 aliphatic heterocycles. The minimum Gasteiger partial charge on any atom is -0.325 e. The molecule has 3 rings (SSSR count). The van der Waals surface area contributed by atoms with Gasteiger partial charge in [0.2, 0.25) is 11.6 Å². The van der Waals surface area contributed by atoms with Crippen LogP contribution in [-0.4, -0.2) is 21.2 Å². The van der Waals surface area contributed by atoms with Gasteiger partial charge in [-0.1, -0.05) is 48.0 Å². The van der Waals surface area contributed by atoms with Crippen LogP contribution in [0.25, 0.3) is 0 Å². The standard InChI is InChI=1S/C20H16FN3O4/c1-12-7-9-13(10-8-12)16(25)17(22-18(26)14-5-3-2-4-6-14)24-11-15(21)19(27)23-20(24)28/h2-11,17H,1H3,(H,22,26)(H,23,27,28)/t17-/m1/s1. The molecule has 2 aromatic carbocycles. The Labute approximate surface area is 158 Å². The molecule has 3 aromatic rings. The average Bonchev–Trinajstić information content (AvgIpc) is 2.70. The van der Waals surface area contributed by atoms with E-state index in [1.54, 1.807) is 35.3 Å². The van der Waals surface area contributed by atoms with Gasteiger partial charge < -0.3 is 5.32 Å². The van der Waals surface area contributed by atoms with Gasteiger partial charge in [0, 0.05) is 11.1 Å². The summed E-state index contributed by atoms with van der Waals surface area (Å²) in [5, 5.41) is 2.44. The van der Waals surface area contributed by atoms with Crippen molar-refractivity contribution in [1.82, 2.24) is 14.9 Å². The molecule has 1 amide bonds. The number of H-pyrrole nitrogens is 1. The first-order chi connectivity index (χ1) is 13.4. The zero-order chi connectivity index (χ0) is 20.3. The fourth-order valence-corrected chi connectivity index (χ4v) is 2.59. The Morgan fingerprint density at radius 2 is 1.64 bits per heavy atom. The lowest BCUT2D eigenvalue weighted by molar-refractivity contribution is 0.0811. The van der Waals surface area contributed by atoms with Crippen molar-refractivity contribution in [2.45, 2.75) is 13.1 Å². The Bertz CT molecular complexity index is 1130. The van der Waals surface area contributed by atoms with Crippen LogP contribution in [-0.2, 0) is 0 Å². The molecule has 0 aliphatic rings. The zero-order valence-corrected chi connectivity index (χ0v) is 14.8. The van der Waals surface area contributed by atoms with Crippen molar-refractivity contribution in [2.75, 3.05) is 0 Å². The van der Waals surface area contributed by atoms with Crippen molar-refractivity contribution >= 4 is 11.7 Å². The number of hydrogen-bond acceptors (Lipinski definition) is 4. The topological polar surface area (TPSA) is 101 Å². The number of rotatable bonds is 5. The van der Waals surface area contributed by atoms with E-state index in [1.807, 2.05) is 6.92 Å². The second-order valence-corrected chi connectivity index (χ2v) is 6.12. The van der Waals surface area contributed by atoms with Crippen LogP contribution < -0.4 is 16.6 Å². The summed E-state index contributed by atoms with van der Waals surface area (Å²) in [6.07, 6.45) is -0.947. The lowest BCUT2D eigenvalue weighted by Crippen LogP contribution is -2.44. The predicted molar refractivity (Wildman–Crippen MR) is 99.7 cm³/mol. The molecule has 0 aliphatic carbocycles. The van der Waals surface area contributed by atoms with Crippen molar-refractivity contribution in [3.05, 3.63) is 104 Å². The maximum Gasteiger partial charge on any atom is 0.330 e. The second kappa shape index (κ2) is 7.83. The minimum absolute atomic E-state index is 0.211. The fourth-order valence-electron chi connectivity index (χ4n) is 2.59. The summed E-state index contributed by atoms with van der Waals surface area (Å²) in [6.45, 7) is 1.84. The molecule has 142 valence electrons. The molecule has 0 spiro atoms. The first-order valence-corrected chi connectivity index (χ1v) is 8.34. The van der Waals surface area contributed by atoms with Crippen molar-refractivity contribution in [3.8, 4) is 0 Å². The summed E-state index contributed by atoms with van der Waals surface area (Å²) >= 11 is 0. The molecular weight excluding hydrogens is 365 g/mol. The summed E-state index contributed by atoms with van der Waals surface area (Å²) in [5.41, 5.74) is -0.860. The lowest BCUT2D eigenvalue weighted by Gasteiger charge is -2.20. The zero-order valence-electron chi connectivity index (χ0n) is 14.8. The van der Waals surface area contributed by atoms with Gasteiger partial charge in [-0.3, -0.25) is 23.9 Å². The SMILES string of the molecule is Cc1ccc(C(=O)[C@H](NC(=O)c2ccccc2)n2cc(F)c(=O)[nH]c2=O)cc1. The van der Waals surface area contributed by atoms with E-state index < -0.39 is 34.9 Å². The van der Waals surface area contributed by atoms with E-state index in [0.717, 1.165) is 5.56 Å². The third kappa shape index (κ3) is 3.96. The quantitative estimate of drug-likeness (QED) is 0.658. The highest BCUT2D eigenvalue weighted by Gasteiger charge is 2.26. The van der Waals surface area contributed by atoms with Crippen molar-refractivity contribution in [3.63, 3.8) is 0 Å². The minimum atomic E-state index is -1.55. The summed E-state index contributed by atoms with van der Waals surface area (Å²) < 4.78 is 14.4. The first kappa shape index (κ1) is 19.0. The molecule has 0 saturated carbocycles. The van der Waals surface area contributed by atoms with Crippen LogP contribution in [0, 0.1) is 12.7 Å². The van der Waals surface area contributed by atoms with Crippen LogP contribution in [0.2, 0.25) is 0 Å². The number of aryl methyl sites for hydroxylation is 1. The molecule has 8 heteroatoms. The van der Waals surface area contributed by atoms with Gasteiger partial charge in [0.15, 0.2) is 6.17 Å². The molecule has 1 atom stereocenters. The highest BCUT2D eigenvalue weighted by Crippen LogP contribution is 2.13. The van der Waals surface area contributed by atoms with Crippen LogP contribution in [0.15, 0.2) is 70.4 Å². The van der Waals surface area contributed by atoms with Gasteiger partial charge in [-0.05, 0) is 19.1 Å². The van der Waals surface area contributed by atoms with Crippen LogP contribution in [0.1, 0.15) is 32.4 Å². The maximum atomic E-state index is 13.8.